The second-order valence-electron chi connectivity index (χ2n) is 9.81. The van der Waals surface area contributed by atoms with E-state index in [4.69, 9.17) is 0 Å². The van der Waals surface area contributed by atoms with Crippen molar-refractivity contribution in [3.05, 3.63) is 108 Å². The second-order valence-corrected chi connectivity index (χ2v) is 11.8. The van der Waals surface area contributed by atoms with Gasteiger partial charge in [-0.05, 0) is 29.0 Å². The van der Waals surface area contributed by atoms with Crippen LogP contribution in [-0.4, -0.2) is 48.8 Å². The van der Waals surface area contributed by atoms with Crippen molar-refractivity contribution in [1.82, 2.24) is 14.5 Å². The molecule has 0 aliphatic heterocycles. The minimum atomic E-state index is -3.71. The minimum Gasteiger partial charge on any atom is -0.354 e. The Kier molecular flexibility index (Phi) is 10.6. The fourth-order valence-corrected chi connectivity index (χ4v) is 4.84. The largest absolute Gasteiger partial charge is 0.354 e. The van der Waals surface area contributed by atoms with Crippen LogP contribution in [0, 0.1) is 5.92 Å². The van der Waals surface area contributed by atoms with Crippen molar-refractivity contribution < 1.29 is 18.0 Å². The molecule has 8 heteroatoms. The molecule has 0 aliphatic rings. The van der Waals surface area contributed by atoms with Crippen molar-refractivity contribution in [2.45, 2.75) is 39.4 Å². The third kappa shape index (κ3) is 8.82. The summed E-state index contributed by atoms with van der Waals surface area (Å²) >= 11 is 0. The van der Waals surface area contributed by atoms with Gasteiger partial charge in [-0.2, -0.15) is 4.31 Å². The summed E-state index contributed by atoms with van der Waals surface area (Å²) in [6.07, 6.45) is 1.90. The smallest absolute Gasteiger partial charge is 0.247 e. The number of carbonyl (C=O) groups excluding carboxylic acids is 2. The lowest BCUT2D eigenvalue weighted by atomic mass is 10.0. The Bertz CT molecular complexity index is 1270. The molecule has 0 saturated heterocycles. The van der Waals surface area contributed by atoms with Crippen molar-refractivity contribution in [1.29, 1.82) is 0 Å². The second kappa shape index (κ2) is 13.9. The first-order valence-corrected chi connectivity index (χ1v) is 14.6. The summed E-state index contributed by atoms with van der Waals surface area (Å²) in [5.74, 6) is -0.341. The maximum atomic E-state index is 13.9. The molecule has 1 N–H and O–H groups in total. The highest BCUT2D eigenvalue weighted by Crippen LogP contribution is 2.25. The fourth-order valence-electron chi connectivity index (χ4n) is 4.11. The van der Waals surface area contributed by atoms with Gasteiger partial charge in [0.05, 0.1) is 12.8 Å². The van der Waals surface area contributed by atoms with Crippen LogP contribution < -0.4 is 5.32 Å². The first kappa shape index (κ1) is 29.1. The van der Waals surface area contributed by atoms with E-state index in [2.05, 4.69) is 19.2 Å². The van der Waals surface area contributed by atoms with E-state index in [0.29, 0.717) is 18.0 Å². The Morgan fingerprint density at radius 1 is 0.789 bits per heavy atom. The summed E-state index contributed by atoms with van der Waals surface area (Å²) in [7, 11) is -3.71. The minimum absolute atomic E-state index is 0.0567. The highest BCUT2D eigenvalue weighted by molar-refractivity contribution is 7.88. The molecule has 3 aromatic rings. The summed E-state index contributed by atoms with van der Waals surface area (Å²) in [4.78, 5) is 29.0. The number of benzene rings is 3. The van der Waals surface area contributed by atoms with Crippen molar-refractivity contribution in [3.63, 3.8) is 0 Å². The molecule has 3 aromatic carbocycles. The van der Waals surface area contributed by atoms with Crippen molar-refractivity contribution in [2.24, 2.45) is 5.92 Å². The normalized spacial score (nSPS) is 12.3. The van der Waals surface area contributed by atoms with Crippen molar-refractivity contribution in [2.75, 3.05) is 19.3 Å². The standard InChI is InChI=1S/C30H37N3O4S/c1-24(2)19-20-31-30(35)29(27-17-11-6-12-18-27)33(22-26-15-9-5-10-16-26)28(34)23-32(38(3,36)37)21-25-13-7-4-8-14-25/h4-18,24,29H,19-23H2,1-3H3,(H,31,35). The summed E-state index contributed by atoms with van der Waals surface area (Å²) < 4.78 is 26.6. The molecule has 202 valence electrons. The zero-order valence-electron chi connectivity index (χ0n) is 22.3. The topological polar surface area (TPSA) is 86.8 Å². The third-order valence-electron chi connectivity index (χ3n) is 6.19. The van der Waals surface area contributed by atoms with Crippen LogP contribution in [-0.2, 0) is 32.7 Å². The predicted molar refractivity (Wildman–Crippen MR) is 150 cm³/mol. The average Bonchev–Trinajstić information content (AvgIpc) is 2.89. The van der Waals surface area contributed by atoms with Crippen molar-refractivity contribution >= 4 is 21.8 Å². The highest BCUT2D eigenvalue weighted by Gasteiger charge is 2.33. The first-order chi connectivity index (χ1) is 18.1. The molecular weight excluding hydrogens is 498 g/mol. The quantitative estimate of drug-likeness (QED) is 0.352. The lowest BCUT2D eigenvalue weighted by molar-refractivity contribution is -0.141. The number of hydrogen-bond acceptors (Lipinski definition) is 4. The summed E-state index contributed by atoms with van der Waals surface area (Å²) in [6, 6.07) is 26.8. The van der Waals surface area contributed by atoms with E-state index in [1.165, 1.54) is 4.90 Å². The van der Waals surface area contributed by atoms with Crippen LogP contribution in [0.4, 0.5) is 0 Å². The average molecular weight is 536 g/mol. The van der Waals surface area contributed by atoms with Gasteiger partial charge >= 0.3 is 0 Å². The summed E-state index contributed by atoms with van der Waals surface area (Å²) in [5, 5.41) is 2.99. The summed E-state index contributed by atoms with van der Waals surface area (Å²) in [5.41, 5.74) is 2.27. The number of hydrogen-bond donors (Lipinski definition) is 1. The van der Waals surface area contributed by atoms with Gasteiger partial charge in [0.25, 0.3) is 0 Å². The van der Waals surface area contributed by atoms with Gasteiger partial charge < -0.3 is 10.2 Å². The van der Waals surface area contributed by atoms with E-state index < -0.39 is 22.0 Å². The number of nitrogens with zero attached hydrogens (tertiary/aromatic N) is 2. The molecule has 1 atom stereocenters. The van der Waals surface area contributed by atoms with Crippen LogP contribution in [0.5, 0.6) is 0 Å². The van der Waals surface area contributed by atoms with Crippen LogP contribution in [0.2, 0.25) is 0 Å². The van der Waals surface area contributed by atoms with Gasteiger partial charge in [-0.1, -0.05) is 105 Å². The van der Waals surface area contributed by atoms with Gasteiger partial charge in [-0.25, -0.2) is 8.42 Å². The molecule has 0 radical (unpaired) electrons. The van der Waals surface area contributed by atoms with Crippen LogP contribution in [0.25, 0.3) is 0 Å². The Balaban J connectivity index is 1.97. The van der Waals surface area contributed by atoms with Crippen LogP contribution >= 0.6 is 0 Å². The molecule has 0 heterocycles. The van der Waals surface area contributed by atoms with E-state index in [0.717, 1.165) is 28.1 Å². The van der Waals surface area contributed by atoms with E-state index in [-0.39, 0.29) is 25.5 Å². The van der Waals surface area contributed by atoms with E-state index >= 15 is 0 Å². The maximum Gasteiger partial charge on any atom is 0.247 e. The Labute approximate surface area is 226 Å². The molecule has 0 spiro atoms. The zero-order valence-corrected chi connectivity index (χ0v) is 23.1. The molecule has 1 unspecified atom stereocenters. The lowest BCUT2D eigenvalue weighted by Gasteiger charge is -2.33. The third-order valence-corrected chi connectivity index (χ3v) is 7.39. The predicted octanol–water partition coefficient (Wildman–Crippen LogP) is 4.38. The molecule has 0 aliphatic carbocycles. The SMILES string of the molecule is CC(C)CCNC(=O)C(c1ccccc1)N(Cc1ccccc1)C(=O)CN(Cc1ccccc1)S(C)(=O)=O. The number of sulfonamides is 1. The van der Waals surface area contributed by atoms with E-state index in [1.807, 2.05) is 91.0 Å². The molecule has 3 rings (SSSR count). The van der Waals surface area contributed by atoms with E-state index in [1.54, 1.807) is 0 Å². The van der Waals surface area contributed by atoms with Crippen LogP contribution in [0.15, 0.2) is 91.0 Å². The lowest BCUT2D eigenvalue weighted by Crippen LogP contribution is -2.48. The van der Waals surface area contributed by atoms with Gasteiger partial charge in [0, 0.05) is 19.6 Å². The van der Waals surface area contributed by atoms with E-state index in [9.17, 15) is 18.0 Å². The molecule has 0 aromatic heterocycles. The van der Waals surface area contributed by atoms with Gasteiger partial charge in [-0.15, -0.1) is 0 Å². The molecule has 7 nitrogen and oxygen atoms in total. The number of nitrogens with one attached hydrogen (secondary N) is 1. The maximum absolute atomic E-state index is 13.9. The Hall–Kier alpha value is -3.49. The fraction of sp³-hybridized carbons (Fsp3) is 0.333. The molecule has 38 heavy (non-hydrogen) atoms. The van der Waals surface area contributed by atoms with Gasteiger partial charge in [0.2, 0.25) is 21.8 Å². The summed E-state index contributed by atoms with van der Waals surface area (Å²) in [6.45, 7) is 4.47. The van der Waals surface area contributed by atoms with Gasteiger partial charge in [0.15, 0.2) is 0 Å². The molecule has 0 saturated carbocycles. The number of rotatable bonds is 13. The Morgan fingerprint density at radius 2 is 1.29 bits per heavy atom. The highest BCUT2D eigenvalue weighted by atomic mass is 32.2. The first-order valence-electron chi connectivity index (χ1n) is 12.8. The molecular formula is C30H37N3O4S. The zero-order chi connectivity index (χ0) is 27.5. The number of carbonyl (C=O) groups is 2. The molecule has 0 fully saturated rings. The van der Waals surface area contributed by atoms with Gasteiger partial charge in [0.1, 0.15) is 6.04 Å². The van der Waals surface area contributed by atoms with Crippen LogP contribution in [0.3, 0.4) is 0 Å². The molecule has 2 amide bonds. The van der Waals surface area contributed by atoms with Crippen molar-refractivity contribution in [3.8, 4) is 0 Å². The van der Waals surface area contributed by atoms with Crippen LogP contribution in [0.1, 0.15) is 43.0 Å². The Morgan fingerprint density at radius 3 is 1.79 bits per heavy atom. The monoisotopic (exact) mass is 535 g/mol. The number of amides is 2. The van der Waals surface area contributed by atoms with Gasteiger partial charge in [-0.3, -0.25) is 9.59 Å². The molecule has 0 bridgehead atoms.